The molecular weight excluding hydrogens is 386 g/mol. The Balaban J connectivity index is 1.87. The lowest BCUT2D eigenvalue weighted by Gasteiger charge is -2.14. The third-order valence-electron chi connectivity index (χ3n) is 3.99. The van der Waals surface area contributed by atoms with E-state index in [0.717, 1.165) is 9.99 Å². The Labute approximate surface area is 163 Å². The second-order valence-corrected chi connectivity index (χ2v) is 8.61. The highest BCUT2D eigenvalue weighted by atomic mass is 35.5. The van der Waals surface area contributed by atoms with Crippen LogP contribution in [0.1, 0.15) is 10.4 Å². The highest BCUT2D eigenvalue weighted by Crippen LogP contribution is 2.25. The Bertz CT molecular complexity index is 1060. The number of carbonyl (C=O) groups is 1. The lowest BCUT2D eigenvalue weighted by Crippen LogP contribution is -2.22. The minimum absolute atomic E-state index is 0.128. The molecule has 1 aromatic heterocycles. The van der Waals surface area contributed by atoms with Crippen LogP contribution in [0.15, 0.2) is 71.9 Å². The first-order valence-electron chi connectivity index (χ1n) is 8.06. The van der Waals surface area contributed by atoms with E-state index in [-0.39, 0.29) is 10.8 Å². The van der Waals surface area contributed by atoms with E-state index in [2.05, 4.69) is 5.32 Å². The monoisotopic (exact) mass is 403 g/mol. The summed E-state index contributed by atoms with van der Waals surface area (Å²) in [6.07, 6.45) is 3.70. The number of hydrogen-bond donors (Lipinski definition) is 1. The van der Waals surface area contributed by atoms with Crippen molar-refractivity contribution in [3.05, 3.63) is 77.6 Å². The summed E-state index contributed by atoms with van der Waals surface area (Å²) in [7, 11) is -0.621. The molecular formula is C19H18ClN3O3S. The molecule has 2 aromatic carbocycles. The van der Waals surface area contributed by atoms with Gasteiger partial charge in [-0.1, -0.05) is 11.6 Å². The average Bonchev–Trinajstić information content (AvgIpc) is 3.17. The fourth-order valence-electron chi connectivity index (χ4n) is 2.50. The minimum atomic E-state index is -3.54. The summed E-state index contributed by atoms with van der Waals surface area (Å²) in [6.45, 7) is 0. The van der Waals surface area contributed by atoms with Crippen molar-refractivity contribution < 1.29 is 13.2 Å². The zero-order valence-electron chi connectivity index (χ0n) is 14.8. The minimum Gasteiger partial charge on any atom is -0.322 e. The molecule has 0 saturated heterocycles. The smallest absolute Gasteiger partial charge is 0.255 e. The van der Waals surface area contributed by atoms with Gasteiger partial charge in [-0.05, 0) is 54.6 Å². The molecule has 1 heterocycles. The van der Waals surface area contributed by atoms with Gasteiger partial charge in [-0.3, -0.25) is 4.79 Å². The first-order chi connectivity index (χ1) is 12.8. The predicted octanol–water partition coefficient (Wildman–Crippen LogP) is 3.63. The zero-order chi connectivity index (χ0) is 19.6. The van der Waals surface area contributed by atoms with Crippen LogP contribution in [0.4, 0.5) is 5.69 Å². The number of benzene rings is 2. The van der Waals surface area contributed by atoms with Crippen LogP contribution in [-0.2, 0) is 10.0 Å². The molecule has 1 N–H and O–H groups in total. The number of hydrogen-bond acceptors (Lipinski definition) is 3. The SMILES string of the molecule is CN(C)S(=O)(=O)c1ccc(C(=O)Nc2ccc(Cl)cc2-n2cccc2)cc1. The van der Waals surface area contributed by atoms with Gasteiger partial charge >= 0.3 is 0 Å². The first-order valence-corrected chi connectivity index (χ1v) is 9.87. The third kappa shape index (κ3) is 4.05. The van der Waals surface area contributed by atoms with Crippen LogP contribution in [0.3, 0.4) is 0 Å². The maximum Gasteiger partial charge on any atom is 0.255 e. The van der Waals surface area contributed by atoms with Crippen molar-refractivity contribution in [2.75, 3.05) is 19.4 Å². The third-order valence-corrected chi connectivity index (χ3v) is 6.05. The molecule has 0 spiro atoms. The molecule has 0 aliphatic heterocycles. The van der Waals surface area contributed by atoms with E-state index in [4.69, 9.17) is 11.6 Å². The topological polar surface area (TPSA) is 71.4 Å². The Hall–Kier alpha value is -2.61. The van der Waals surface area contributed by atoms with Crippen molar-refractivity contribution >= 4 is 33.2 Å². The molecule has 8 heteroatoms. The number of carbonyl (C=O) groups excluding carboxylic acids is 1. The average molecular weight is 404 g/mol. The van der Waals surface area contributed by atoms with Gasteiger partial charge in [0.25, 0.3) is 5.91 Å². The molecule has 0 aliphatic rings. The number of rotatable bonds is 5. The van der Waals surface area contributed by atoms with Gasteiger partial charge in [0.2, 0.25) is 10.0 Å². The fraction of sp³-hybridized carbons (Fsp3) is 0.105. The normalized spacial score (nSPS) is 11.6. The Kier molecular flexibility index (Phi) is 5.36. The number of nitrogens with zero attached hydrogens (tertiary/aromatic N) is 2. The largest absolute Gasteiger partial charge is 0.322 e. The Morgan fingerprint density at radius 3 is 2.26 bits per heavy atom. The molecule has 0 atom stereocenters. The van der Waals surface area contributed by atoms with E-state index in [9.17, 15) is 13.2 Å². The van der Waals surface area contributed by atoms with Gasteiger partial charge in [0.1, 0.15) is 0 Å². The van der Waals surface area contributed by atoms with Crippen LogP contribution < -0.4 is 5.32 Å². The van der Waals surface area contributed by atoms with E-state index in [1.165, 1.54) is 38.4 Å². The second kappa shape index (κ2) is 7.56. The summed E-state index contributed by atoms with van der Waals surface area (Å²) in [6, 6.07) is 14.7. The van der Waals surface area contributed by atoms with E-state index in [0.29, 0.717) is 16.3 Å². The van der Waals surface area contributed by atoms with Gasteiger partial charge in [0.05, 0.1) is 16.3 Å². The van der Waals surface area contributed by atoms with Crippen LogP contribution in [0.5, 0.6) is 0 Å². The highest BCUT2D eigenvalue weighted by molar-refractivity contribution is 7.89. The molecule has 27 heavy (non-hydrogen) atoms. The van der Waals surface area contributed by atoms with Gasteiger partial charge < -0.3 is 9.88 Å². The van der Waals surface area contributed by atoms with E-state index in [1.54, 1.807) is 18.2 Å². The quantitative estimate of drug-likeness (QED) is 0.707. The maximum absolute atomic E-state index is 12.6. The van der Waals surface area contributed by atoms with Crippen molar-refractivity contribution in [2.24, 2.45) is 0 Å². The Morgan fingerprint density at radius 1 is 1.04 bits per heavy atom. The van der Waals surface area contributed by atoms with Gasteiger partial charge in [0.15, 0.2) is 0 Å². The van der Waals surface area contributed by atoms with Gasteiger partial charge in [0, 0.05) is 37.1 Å². The van der Waals surface area contributed by atoms with Crippen molar-refractivity contribution in [1.29, 1.82) is 0 Å². The maximum atomic E-state index is 12.6. The Morgan fingerprint density at radius 2 is 1.67 bits per heavy atom. The molecule has 0 fully saturated rings. The van der Waals surface area contributed by atoms with Gasteiger partial charge in [-0.2, -0.15) is 0 Å². The number of aromatic nitrogens is 1. The van der Waals surface area contributed by atoms with Crippen LogP contribution in [-0.4, -0.2) is 37.3 Å². The number of anilines is 1. The zero-order valence-corrected chi connectivity index (χ0v) is 16.3. The summed E-state index contributed by atoms with van der Waals surface area (Å²) >= 11 is 6.09. The van der Waals surface area contributed by atoms with E-state index in [1.807, 2.05) is 29.1 Å². The van der Waals surface area contributed by atoms with Crippen LogP contribution in [0, 0.1) is 0 Å². The van der Waals surface area contributed by atoms with Crippen molar-refractivity contribution in [3.63, 3.8) is 0 Å². The lowest BCUT2D eigenvalue weighted by molar-refractivity contribution is 0.102. The molecule has 3 aromatic rings. The van der Waals surface area contributed by atoms with Crippen LogP contribution in [0.2, 0.25) is 5.02 Å². The van der Waals surface area contributed by atoms with Gasteiger partial charge in [-0.15, -0.1) is 0 Å². The van der Waals surface area contributed by atoms with Crippen molar-refractivity contribution in [2.45, 2.75) is 4.90 Å². The van der Waals surface area contributed by atoms with E-state index < -0.39 is 10.0 Å². The fourth-order valence-corrected chi connectivity index (χ4v) is 3.57. The highest BCUT2D eigenvalue weighted by Gasteiger charge is 2.18. The molecule has 1 amide bonds. The molecule has 0 unspecified atom stereocenters. The van der Waals surface area contributed by atoms with Crippen molar-refractivity contribution in [3.8, 4) is 5.69 Å². The van der Waals surface area contributed by atoms with Gasteiger partial charge in [-0.25, -0.2) is 12.7 Å². The molecule has 6 nitrogen and oxygen atoms in total. The summed E-state index contributed by atoms with van der Waals surface area (Å²) in [5.41, 5.74) is 1.67. The lowest BCUT2D eigenvalue weighted by atomic mass is 10.2. The van der Waals surface area contributed by atoms with Crippen molar-refractivity contribution in [1.82, 2.24) is 8.87 Å². The summed E-state index contributed by atoms with van der Waals surface area (Å²) in [5.74, 6) is -0.348. The first kappa shape index (κ1) is 19.2. The number of halogens is 1. The molecule has 3 rings (SSSR count). The summed E-state index contributed by atoms with van der Waals surface area (Å²) in [5, 5.41) is 3.40. The number of nitrogens with one attached hydrogen (secondary N) is 1. The second-order valence-electron chi connectivity index (χ2n) is 6.02. The standard InChI is InChI=1S/C19H18ClN3O3S/c1-22(2)27(25,26)16-8-5-14(6-9-16)19(24)21-17-10-7-15(20)13-18(17)23-11-3-4-12-23/h3-13H,1-2H3,(H,21,24). The molecule has 0 bridgehead atoms. The van der Waals surface area contributed by atoms with Crippen LogP contribution in [0.25, 0.3) is 5.69 Å². The molecule has 0 saturated carbocycles. The predicted molar refractivity (Wildman–Crippen MR) is 106 cm³/mol. The molecule has 140 valence electrons. The summed E-state index contributed by atoms with van der Waals surface area (Å²) in [4.78, 5) is 12.7. The van der Waals surface area contributed by atoms with E-state index >= 15 is 0 Å². The number of sulfonamides is 1. The van der Waals surface area contributed by atoms with Crippen LogP contribution >= 0.6 is 11.6 Å². The summed E-state index contributed by atoms with van der Waals surface area (Å²) < 4.78 is 27.2. The molecule has 0 radical (unpaired) electrons. The molecule has 0 aliphatic carbocycles. The number of amides is 1.